The first kappa shape index (κ1) is 25.2. The molecule has 0 fully saturated rings. The highest BCUT2D eigenvalue weighted by Crippen LogP contribution is 2.40. The van der Waals surface area contributed by atoms with Crippen LogP contribution in [0.25, 0.3) is 33.5 Å². The number of imidazole rings is 1. The standard InChI is InChI=1S/C25H13F8N5/c26-19-3-1-2-17(22(19)27)23-36-20-10-35-38(12-21(20)37-23)11-15-6-4-13(9-34-15)16-7-5-14(24(28,29)30)8-18(16)25(31,32)33/h1-10,12H,11H2/p+1. The lowest BCUT2D eigenvalue weighted by atomic mass is 9.98. The fourth-order valence-electron chi connectivity index (χ4n) is 3.86. The Morgan fingerprint density at radius 2 is 1.63 bits per heavy atom. The fourth-order valence-corrected chi connectivity index (χ4v) is 3.86. The molecule has 0 amide bonds. The zero-order chi connectivity index (χ0) is 27.2. The van der Waals surface area contributed by atoms with Gasteiger partial charge in [0.2, 0.25) is 12.7 Å². The van der Waals surface area contributed by atoms with E-state index in [1.807, 2.05) is 0 Å². The lowest BCUT2D eigenvalue weighted by molar-refractivity contribution is -0.745. The van der Waals surface area contributed by atoms with Crippen LogP contribution in [0.4, 0.5) is 35.1 Å². The van der Waals surface area contributed by atoms with Gasteiger partial charge in [0.25, 0.3) is 0 Å². The Labute approximate surface area is 208 Å². The van der Waals surface area contributed by atoms with Crippen LogP contribution in [0.3, 0.4) is 0 Å². The molecule has 0 spiro atoms. The van der Waals surface area contributed by atoms with Gasteiger partial charge in [0.15, 0.2) is 11.6 Å². The van der Waals surface area contributed by atoms with Gasteiger partial charge in [-0.1, -0.05) is 22.9 Å². The minimum Gasteiger partial charge on any atom is -0.333 e. The number of aromatic amines is 1. The maximum Gasteiger partial charge on any atom is 0.417 e. The molecule has 38 heavy (non-hydrogen) atoms. The molecule has 0 aliphatic rings. The van der Waals surface area contributed by atoms with E-state index in [9.17, 15) is 35.1 Å². The van der Waals surface area contributed by atoms with E-state index in [-0.39, 0.29) is 29.6 Å². The molecule has 5 rings (SSSR count). The zero-order valence-electron chi connectivity index (χ0n) is 18.9. The van der Waals surface area contributed by atoms with E-state index < -0.39 is 40.7 Å². The average Bonchev–Trinajstić information content (AvgIpc) is 3.28. The van der Waals surface area contributed by atoms with Crippen LogP contribution in [-0.2, 0) is 18.9 Å². The number of fused-ring (bicyclic) bond motifs is 1. The zero-order valence-corrected chi connectivity index (χ0v) is 18.9. The molecule has 2 aromatic carbocycles. The van der Waals surface area contributed by atoms with Crippen molar-refractivity contribution < 1.29 is 39.8 Å². The highest BCUT2D eigenvalue weighted by atomic mass is 19.4. The van der Waals surface area contributed by atoms with Crippen molar-refractivity contribution in [2.75, 3.05) is 0 Å². The van der Waals surface area contributed by atoms with E-state index >= 15 is 0 Å². The van der Waals surface area contributed by atoms with Gasteiger partial charge in [-0.05, 0) is 41.0 Å². The van der Waals surface area contributed by atoms with E-state index in [1.165, 1.54) is 41.3 Å². The van der Waals surface area contributed by atoms with Crippen molar-refractivity contribution >= 4 is 11.0 Å². The quantitative estimate of drug-likeness (QED) is 0.216. The van der Waals surface area contributed by atoms with Crippen molar-refractivity contribution in [2.24, 2.45) is 0 Å². The molecule has 0 aliphatic heterocycles. The molecule has 1 N–H and O–H groups in total. The molecule has 3 aromatic heterocycles. The summed E-state index contributed by atoms with van der Waals surface area (Å²) in [6, 6.07) is 7.86. The topological polar surface area (TPSA) is 58.3 Å². The van der Waals surface area contributed by atoms with Crippen LogP contribution in [-0.4, -0.2) is 20.1 Å². The lowest BCUT2D eigenvalue weighted by Gasteiger charge is -2.16. The van der Waals surface area contributed by atoms with Crippen LogP contribution in [0.15, 0.2) is 67.1 Å². The molecule has 194 valence electrons. The minimum atomic E-state index is -5.01. The average molecular weight is 536 g/mol. The summed E-state index contributed by atoms with van der Waals surface area (Å²) in [5.41, 5.74) is -2.12. The summed E-state index contributed by atoms with van der Waals surface area (Å²) in [5.74, 6) is -1.99. The molecular formula is C25H14F8N5+. The van der Waals surface area contributed by atoms with Crippen LogP contribution < -0.4 is 4.68 Å². The third-order valence-corrected chi connectivity index (χ3v) is 5.69. The summed E-state index contributed by atoms with van der Waals surface area (Å²) >= 11 is 0. The van der Waals surface area contributed by atoms with Gasteiger partial charge in [-0.15, -0.1) is 0 Å². The molecule has 0 bridgehead atoms. The first-order chi connectivity index (χ1) is 17.9. The van der Waals surface area contributed by atoms with Gasteiger partial charge in [-0.2, -0.15) is 26.3 Å². The monoisotopic (exact) mass is 536 g/mol. The van der Waals surface area contributed by atoms with Gasteiger partial charge >= 0.3 is 12.4 Å². The highest BCUT2D eigenvalue weighted by Gasteiger charge is 2.38. The van der Waals surface area contributed by atoms with Crippen molar-refractivity contribution in [3.63, 3.8) is 0 Å². The summed E-state index contributed by atoms with van der Waals surface area (Å²) in [6.07, 6.45) is -5.88. The van der Waals surface area contributed by atoms with Gasteiger partial charge in [0.05, 0.1) is 16.7 Å². The number of hydrogen-bond donors (Lipinski definition) is 1. The molecule has 5 nitrogen and oxygen atoms in total. The van der Waals surface area contributed by atoms with E-state index in [1.54, 1.807) is 0 Å². The van der Waals surface area contributed by atoms with Crippen LogP contribution >= 0.6 is 0 Å². The maximum absolute atomic E-state index is 14.1. The summed E-state index contributed by atoms with van der Waals surface area (Å²) in [6.45, 7) is 0.0814. The van der Waals surface area contributed by atoms with Crippen LogP contribution in [0.5, 0.6) is 0 Å². The lowest BCUT2D eigenvalue weighted by Crippen LogP contribution is -2.38. The number of benzene rings is 2. The second-order valence-corrected chi connectivity index (χ2v) is 8.25. The minimum absolute atomic E-state index is 0.0152. The van der Waals surface area contributed by atoms with Gasteiger partial charge in [0, 0.05) is 11.8 Å². The van der Waals surface area contributed by atoms with Gasteiger partial charge in [-0.3, -0.25) is 4.98 Å². The number of H-pyrrole nitrogens is 1. The van der Waals surface area contributed by atoms with Crippen molar-refractivity contribution in [1.29, 1.82) is 0 Å². The van der Waals surface area contributed by atoms with Crippen molar-refractivity contribution in [1.82, 2.24) is 20.1 Å². The maximum atomic E-state index is 14.1. The van der Waals surface area contributed by atoms with Crippen molar-refractivity contribution in [2.45, 2.75) is 18.9 Å². The number of pyridine rings is 1. The molecule has 0 radical (unpaired) electrons. The molecule has 0 atom stereocenters. The Morgan fingerprint density at radius 1 is 0.842 bits per heavy atom. The molecule has 0 saturated carbocycles. The SMILES string of the molecule is Fc1cccc(-c2nc3cn[n+](Cc4ccc(-c5ccc(C(F)(F)F)cc5C(F)(F)F)cn4)cc3[nH]2)c1F. The van der Waals surface area contributed by atoms with E-state index in [2.05, 4.69) is 20.1 Å². The third-order valence-electron chi connectivity index (χ3n) is 5.69. The van der Waals surface area contributed by atoms with E-state index in [0.29, 0.717) is 22.8 Å². The van der Waals surface area contributed by atoms with Crippen molar-refractivity contribution in [3.05, 3.63) is 95.6 Å². The molecule has 0 unspecified atom stereocenters. The first-order valence-electron chi connectivity index (χ1n) is 10.8. The highest BCUT2D eigenvalue weighted by molar-refractivity contribution is 5.77. The smallest absolute Gasteiger partial charge is 0.333 e. The Bertz CT molecular complexity index is 1640. The number of alkyl halides is 6. The van der Waals surface area contributed by atoms with Gasteiger partial charge in [0.1, 0.15) is 28.7 Å². The summed E-state index contributed by atoms with van der Waals surface area (Å²) in [7, 11) is 0. The van der Waals surface area contributed by atoms with E-state index in [0.717, 1.165) is 18.3 Å². The largest absolute Gasteiger partial charge is 0.417 e. The molecule has 13 heteroatoms. The second kappa shape index (κ2) is 9.15. The first-order valence-corrected chi connectivity index (χ1v) is 10.8. The number of rotatable bonds is 4. The van der Waals surface area contributed by atoms with E-state index in [4.69, 9.17) is 0 Å². The van der Waals surface area contributed by atoms with Crippen LogP contribution in [0, 0.1) is 11.6 Å². The van der Waals surface area contributed by atoms with Crippen molar-refractivity contribution in [3.8, 4) is 22.5 Å². The Kier molecular flexibility index (Phi) is 6.08. The number of nitrogens with zero attached hydrogens (tertiary/aromatic N) is 4. The predicted molar refractivity (Wildman–Crippen MR) is 118 cm³/mol. The number of nitrogens with one attached hydrogen (secondary N) is 1. The summed E-state index contributed by atoms with van der Waals surface area (Å²) < 4.78 is 108. The fraction of sp³-hybridized carbons (Fsp3) is 0.120. The van der Waals surface area contributed by atoms with Crippen LogP contribution in [0.1, 0.15) is 16.8 Å². The molecule has 5 aromatic rings. The number of halogens is 8. The Hall–Kier alpha value is -4.42. The Balaban J connectivity index is 1.41. The molecule has 3 heterocycles. The van der Waals surface area contributed by atoms with Crippen LogP contribution in [0.2, 0.25) is 0 Å². The number of hydrogen-bond acceptors (Lipinski definition) is 3. The van der Waals surface area contributed by atoms with Gasteiger partial charge < -0.3 is 4.98 Å². The summed E-state index contributed by atoms with van der Waals surface area (Å²) in [4.78, 5) is 11.2. The normalized spacial score (nSPS) is 12.3. The third kappa shape index (κ3) is 4.91. The number of aromatic nitrogens is 5. The Morgan fingerprint density at radius 3 is 2.32 bits per heavy atom. The molecular weight excluding hydrogens is 522 g/mol. The van der Waals surface area contributed by atoms with Gasteiger partial charge in [-0.25, -0.2) is 13.8 Å². The summed E-state index contributed by atoms with van der Waals surface area (Å²) in [5, 5.41) is 4.18. The predicted octanol–water partition coefficient (Wildman–Crippen LogP) is 6.34. The molecule has 0 saturated heterocycles. The second-order valence-electron chi connectivity index (χ2n) is 8.25. The molecule has 0 aliphatic carbocycles.